The first-order valence-corrected chi connectivity index (χ1v) is 7.68. The van der Waals surface area contributed by atoms with Crippen molar-refractivity contribution in [1.29, 1.82) is 0 Å². The van der Waals surface area contributed by atoms with E-state index in [9.17, 15) is 4.39 Å². The average Bonchev–Trinajstić information content (AvgIpc) is 2.32. The van der Waals surface area contributed by atoms with E-state index in [0.717, 1.165) is 11.3 Å². The lowest BCUT2D eigenvalue weighted by Gasteiger charge is -2.38. The van der Waals surface area contributed by atoms with Gasteiger partial charge in [-0.25, -0.2) is 4.39 Å². The lowest BCUT2D eigenvalue weighted by Crippen LogP contribution is -2.40. The molecule has 0 aromatic heterocycles. The molecule has 1 aromatic rings. The van der Waals surface area contributed by atoms with E-state index in [-0.39, 0.29) is 16.8 Å². The van der Waals surface area contributed by atoms with Crippen molar-refractivity contribution in [1.82, 2.24) is 5.32 Å². The number of anilines is 1. The highest BCUT2D eigenvalue weighted by atomic mass is 19.1. The predicted octanol–water partition coefficient (Wildman–Crippen LogP) is 4.58. The molecule has 0 aliphatic rings. The molecule has 0 saturated carbocycles. The van der Waals surface area contributed by atoms with E-state index >= 15 is 0 Å². The molecule has 0 spiro atoms. The Labute approximate surface area is 129 Å². The first-order chi connectivity index (χ1) is 9.42. The predicted molar refractivity (Wildman–Crippen MR) is 90.3 cm³/mol. The maximum atomic E-state index is 13.6. The van der Waals surface area contributed by atoms with Crippen LogP contribution in [0.1, 0.15) is 54.0 Å². The number of hydrogen-bond acceptors (Lipinski definition) is 2. The van der Waals surface area contributed by atoms with Crippen molar-refractivity contribution in [3.05, 3.63) is 29.6 Å². The zero-order valence-corrected chi connectivity index (χ0v) is 14.8. The van der Waals surface area contributed by atoms with Crippen molar-refractivity contribution in [2.45, 2.75) is 66.6 Å². The van der Waals surface area contributed by atoms with E-state index in [2.05, 4.69) is 65.7 Å². The largest absolute Gasteiger partial charge is 0.371 e. The maximum absolute atomic E-state index is 13.6. The van der Waals surface area contributed by atoms with Crippen molar-refractivity contribution in [2.24, 2.45) is 5.41 Å². The van der Waals surface area contributed by atoms with Crippen LogP contribution in [-0.4, -0.2) is 18.6 Å². The first kappa shape index (κ1) is 18.0. The third-order valence-electron chi connectivity index (χ3n) is 4.06. The Kier molecular flexibility index (Phi) is 5.43. The summed E-state index contributed by atoms with van der Waals surface area (Å²) in [5.74, 6) is -0.179. The minimum absolute atomic E-state index is 0.0117. The topological polar surface area (TPSA) is 15.3 Å². The van der Waals surface area contributed by atoms with Crippen LogP contribution in [0.4, 0.5) is 10.1 Å². The molecule has 0 amide bonds. The van der Waals surface area contributed by atoms with Crippen LogP contribution in [-0.2, 0) is 6.54 Å². The van der Waals surface area contributed by atoms with Crippen LogP contribution in [0.3, 0.4) is 0 Å². The summed E-state index contributed by atoms with van der Waals surface area (Å²) < 4.78 is 13.6. The van der Waals surface area contributed by atoms with Gasteiger partial charge in [0.2, 0.25) is 0 Å². The fourth-order valence-corrected chi connectivity index (χ4v) is 2.19. The van der Waals surface area contributed by atoms with Gasteiger partial charge in [0.15, 0.2) is 0 Å². The molecular weight excluding hydrogens is 263 g/mol. The highest BCUT2D eigenvalue weighted by Crippen LogP contribution is 2.30. The van der Waals surface area contributed by atoms with Gasteiger partial charge < -0.3 is 10.2 Å². The van der Waals surface area contributed by atoms with Crippen LogP contribution < -0.4 is 10.2 Å². The molecule has 1 N–H and O–H groups in total. The summed E-state index contributed by atoms with van der Waals surface area (Å²) in [7, 11) is 2.09. The van der Waals surface area contributed by atoms with E-state index in [4.69, 9.17) is 0 Å². The van der Waals surface area contributed by atoms with Crippen molar-refractivity contribution in [3.8, 4) is 0 Å². The Morgan fingerprint density at radius 3 is 2.19 bits per heavy atom. The number of rotatable bonds is 4. The molecule has 1 atom stereocenters. The number of hydrogen-bond donors (Lipinski definition) is 1. The lowest BCUT2D eigenvalue weighted by atomic mass is 9.86. The Bertz CT molecular complexity index is 469. The Hall–Kier alpha value is -1.09. The lowest BCUT2D eigenvalue weighted by molar-refractivity contribution is 0.329. The van der Waals surface area contributed by atoms with Crippen LogP contribution in [0.15, 0.2) is 18.2 Å². The van der Waals surface area contributed by atoms with Crippen LogP contribution in [0.25, 0.3) is 0 Å². The van der Waals surface area contributed by atoms with E-state index < -0.39 is 0 Å². The maximum Gasteiger partial charge on any atom is 0.123 e. The van der Waals surface area contributed by atoms with Crippen LogP contribution >= 0.6 is 0 Å². The van der Waals surface area contributed by atoms with Crippen LogP contribution in [0.2, 0.25) is 0 Å². The van der Waals surface area contributed by atoms with Gasteiger partial charge in [-0.2, -0.15) is 0 Å². The number of benzene rings is 1. The second-order valence-electron chi connectivity index (χ2n) is 8.03. The molecule has 1 aromatic carbocycles. The molecule has 2 nitrogen and oxygen atoms in total. The fourth-order valence-electron chi connectivity index (χ4n) is 2.19. The standard InChI is InChI=1S/C18H31FN2/c1-13(17(2,3)4)21(8)16-10-9-15(19)11-14(16)12-20-18(5,6)7/h9-11,13,20H,12H2,1-8H3. The van der Waals surface area contributed by atoms with Crippen LogP contribution in [0.5, 0.6) is 0 Å². The molecule has 0 fully saturated rings. The molecule has 0 aliphatic heterocycles. The van der Waals surface area contributed by atoms with Gasteiger partial charge in [-0.05, 0) is 56.9 Å². The van der Waals surface area contributed by atoms with Crippen molar-refractivity contribution in [2.75, 3.05) is 11.9 Å². The summed E-state index contributed by atoms with van der Waals surface area (Å²) in [6, 6.07) is 5.43. The van der Waals surface area contributed by atoms with E-state index in [1.54, 1.807) is 12.1 Å². The third kappa shape index (κ3) is 5.31. The van der Waals surface area contributed by atoms with Gasteiger partial charge in [0.25, 0.3) is 0 Å². The molecule has 0 heterocycles. The van der Waals surface area contributed by atoms with Crippen molar-refractivity contribution >= 4 is 5.69 Å². The second-order valence-corrected chi connectivity index (χ2v) is 8.03. The van der Waals surface area contributed by atoms with Gasteiger partial charge >= 0.3 is 0 Å². The summed E-state index contributed by atoms with van der Waals surface area (Å²) >= 11 is 0. The highest BCUT2D eigenvalue weighted by Gasteiger charge is 2.25. The minimum atomic E-state index is -0.179. The Morgan fingerprint density at radius 1 is 1.14 bits per heavy atom. The molecular formula is C18H31FN2. The number of halogens is 1. The summed E-state index contributed by atoms with van der Waals surface area (Å²) in [5.41, 5.74) is 2.27. The van der Waals surface area contributed by atoms with Gasteiger partial charge in [0, 0.05) is 30.9 Å². The minimum Gasteiger partial charge on any atom is -0.371 e. The SMILES string of the molecule is CC(N(C)c1ccc(F)cc1CNC(C)(C)C)C(C)(C)C. The number of nitrogens with one attached hydrogen (secondary N) is 1. The smallest absolute Gasteiger partial charge is 0.123 e. The molecule has 0 bridgehead atoms. The van der Waals surface area contributed by atoms with E-state index in [0.29, 0.717) is 12.6 Å². The Morgan fingerprint density at radius 2 is 1.71 bits per heavy atom. The molecule has 0 radical (unpaired) electrons. The highest BCUT2D eigenvalue weighted by molar-refractivity contribution is 5.54. The normalized spacial score (nSPS) is 14.1. The van der Waals surface area contributed by atoms with Gasteiger partial charge in [-0.1, -0.05) is 20.8 Å². The monoisotopic (exact) mass is 294 g/mol. The van der Waals surface area contributed by atoms with Gasteiger partial charge in [-0.15, -0.1) is 0 Å². The van der Waals surface area contributed by atoms with Crippen molar-refractivity contribution in [3.63, 3.8) is 0 Å². The quantitative estimate of drug-likeness (QED) is 0.874. The third-order valence-corrected chi connectivity index (χ3v) is 4.06. The molecule has 1 unspecified atom stereocenters. The molecule has 3 heteroatoms. The fraction of sp³-hybridized carbons (Fsp3) is 0.667. The average molecular weight is 294 g/mol. The molecule has 0 saturated heterocycles. The second kappa shape index (κ2) is 6.35. The zero-order chi connectivity index (χ0) is 16.4. The van der Waals surface area contributed by atoms with Gasteiger partial charge in [-0.3, -0.25) is 0 Å². The van der Waals surface area contributed by atoms with Gasteiger partial charge in [0.1, 0.15) is 5.82 Å². The van der Waals surface area contributed by atoms with E-state index in [1.807, 2.05) is 6.07 Å². The summed E-state index contributed by atoms with van der Waals surface area (Å²) in [5, 5.41) is 3.44. The molecule has 0 aliphatic carbocycles. The van der Waals surface area contributed by atoms with E-state index in [1.165, 1.54) is 0 Å². The summed E-state index contributed by atoms with van der Waals surface area (Å²) in [6.07, 6.45) is 0. The van der Waals surface area contributed by atoms with Crippen molar-refractivity contribution < 1.29 is 4.39 Å². The number of nitrogens with zero attached hydrogens (tertiary/aromatic N) is 1. The summed E-state index contributed by atoms with van der Waals surface area (Å²) in [6.45, 7) is 15.9. The first-order valence-electron chi connectivity index (χ1n) is 7.68. The van der Waals surface area contributed by atoms with Crippen LogP contribution in [0, 0.1) is 11.2 Å². The molecule has 1 rings (SSSR count). The summed E-state index contributed by atoms with van der Waals surface area (Å²) in [4.78, 5) is 2.25. The molecule has 120 valence electrons. The Balaban J connectivity index is 3.06. The van der Waals surface area contributed by atoms with Gasteiger partial charge in [0.05, 0.1) is 0 Å². The zero-order valence-electron chi connectivity index (χ0n) is 14.8. The molecule has 21 heavy (non-hydrogen) atoms.